The molecule has 0 radical (unpaired) electrons. The van der Waals surface area contributed by atoms with E-state index in [0.29, 0.717) is 18.4 Å². The number of ketones is 3. The topological polar surface area (TPSA) is 71.4 Å². The smallest absolute Gasteiger partial charge is 0.184 e. The third-order valence-electron chi connectivity index (χ3n) is 9.46. The molecule has 1 aromatic carbocycles. The summed E-state index contributed by atoms with van der Waals surface area (Å²) in [5.41, 5.74) is 0.486. The van der Waals surface area contributed by atoms with E-state index in [9.17, 15) is 14.7 Å². The zero-order valence-electron chi connectivity index (χ0n) is 26.5. The van der Waals surface area contributed by atoms with Crippen molar-refractivity contribution in [1.82, 2.24) is 0 Å². The molecule has 4 nitrogen and oxygen atoms in total. The number of benzene rings is 1. The zero-order valence-corrected chi connectivity index (χ0v) is 26.5. The number of Topliss-reactive ketones (excluding diaryl/α,β-unsaturated/α-hetero) is 3. The summed E-state index contributed by atoms with van der Waals surface area (Å²) in [6, 6.07) is 8.71. The van der Waals surface area contributed by atoms with Crippen molar-refractivity contribution in [2.24, 2.45) is 28.1 Å². The highest BCUT2D eigenvalue weighted by atomic mass is 16.3. The largest absolute Gasteiger partial charge is 0.506 e. The molecule has 1 N–H and O–H groups in total. The lowest BCUT2D eigenvalue weighted by molar-refractivity contribution is -0.177. The molecule has 220 valence electrons. The van der Waals surface area contributed by atoms with E-state index in [4.69, 9.17) is 0 Å². The third kappa shape index (κ3) is 5.63. The van der Waals surface area contributed by atoms with E-state index in [-0.39, 0.29) is 41.8 Å². The predicted molar refractivity (Wildman–Crippen MR) is 168 cm³/mol. The van der Waals surface area contributed by atoms with Gasteiger partial charge in [0.05, 0.1) is 5.41 Å². The number of aliphatic hydroxyl groups excluding tert-OH is 1. The second-order valence-electron chi connectivity index (χ2n) is 13.6. The lowest BCUT2D eigenvalue weighted by Crippen LogP contribution is -2.69. The maximum Gasteiger partial charge on any atom is 0.184 e. The molecule has 3 rings (SSSR count). The number of rotatable bonds is 9. The van der Waals surface area contributed by atoms with Crippen LogP contribution in [0.3, 0.4) is 0 Å². The average Bonchev–Trinajstić information content (AvgIpc) is 2.88. The fourth-order valence-corrected chi connectivity index (χ4v) is 6.90. The summed E-state index contributed by atoms with van der Waals surface area (Å²) in [5.74, 6) is -2.07. The van der Waals surface area contributed by atoms with Gasteiger partial charge in [-0.25, -0.2) is 0 Å². The van der Waals surface area contributed by atoms with E-state index in [0.717, 1.165) is 22.3 Å². The van der Waals surface area contributed by atoms with Gasteiger partial charge in [0, 0.05) is 5.56 Å². The Bertz CT molecular complexity index is 1350. The van der Waals surface area contributed by atoms with Crippen LogP contribution in [0.5, 0.6) is 0 Å². The molecule has 0 saturated heterocycles. The van der Waals surface area contributed by atoms with E-state index in [2.05, 4.69) is 18.7 Å². The van der Waals surface area contributed by atoms with Crippen LogP contribution in [0.4, 0.5) is 0 Å². The summed E-state index contributed by atoms with van der Waals surface area (Å²) < 4.78 is 0. The number of fused-ring (bicyclic) bond motifs is 2. The first kappa shape index (κ1) is 32.2. The molecule has 2 saturated carbocycles. The van der Waals surface area contributed by atoms with Crippen molar-refractivity contribution >= 4 is 23.1 Å². The lowest BCUT2D eigenvalue weighted by Gasteiger charge is -2.60. The molecule has 2 fully saturated rings. The number of hydrogen-bond acceptors (Lipinski definition) is 4. The molecule has 2 bridgehead atoms. The van der Waals surface area contributed by atoms with Crippen LogP contribution in [0.1, 0.15) is 93.6 Å². The molecule has 4 heteroatoms. The van der Waals surface area contributed by atoms with Crippen molar-refractivity contribution in [3.05, 3.63) is 88.6 Å². The standard InChI is InChI=1S/C37H48O4/c1-23(2)16-17-29-22-36(21-28(26(7)8)20-25(5)6)32(39)30(31(38)27-14-12-11-13-15-27)33(40)37(34(36)41,35(29,9)10)19-18-24(3)4/h11-16,18,20,28-29,38H,7,17,19,21-22H2,1-6,8-10H3. The minimum atomic E-state index is -1.50. The van der Waals surface area contributed by atoms with Gasteiger partial charge in [-0.15, -0.1) is 0 Å². The summed E-state index contributed by atoms with van der Waals surface area (Å²) in [4.78, 5) is 44.7. The first-order valence-corrected chi connectivity index (χ1v) is 14.7. The van der Waals surface area contributed by atoms with Gasteiger partial charge in [-0.1, -0.05) is 91.3 Å². The Kier molecular flexibility index (Phi) is 9.37. The van der Waals surface area contributed by atoms with Gasteiger partial charge in [0.2, 0.25) is 0 Å². The van der Waals surface area contributed by atoms with Crippen LogP contribution in [0.15, 0.2) is 83.0 Å². The highest BCUT2D eigenvalue weighted by molar-refractivity contribution is 6.41. The highest BCUT2D eigenvalue weighted by Crippen LogP contribution is 2.66. The molecule has 0 amide bonds. The Morgan fingerprint density at radius 2 is 1.51 bits per heavy atom. The van der Waals surface area contributed by atoms with Crippen LogP contribution in [0.2, 0.25) is 0 Å². The molecule has 4 unspecified atom stereocenters. The Morgan fingerprint density at radius 3 is 2.02 bits per heavy atom. The van der Waals surface area contributed by atoms with E-state index < -0.39 is 27.8 Å². The molecule has 2 aliphatic carbocycles. The van der Waals surface area contributed by atoms with Gasteiger partial charge in [0.1, 0.15) is 16.7 Å². The fraction of sp³-hybridized carbons (Fsp3) is 0.486. The first-order valence-electron chi connectivity index (χ1n) is 14.7. The molecule has 4 atom stereocenters. The summed E-state index contributed by atoms with van der Waals surface area (Å²) >= 11 is 0. The van der Waals surface area contributed by atoms with Gasteiger partial charge in [0.25, 0.3) is 0 Å². The second kappa shape index (κ2) is 11.9. The quantitative estimate of drug-likeness (QED) is 0.108. The van der Waals surface area contributed by atoms with Gasteiger partial charge in [-0.2, -0.15) is 0 Å². The van der Waals surface area contributed by atoms with Gasteiger partial charge >= 0.3 is 0 Å². The van der Waals surface area contributed by atoms with E-state index in [1.165, 1.54) is 0 Å². The maximum atomic E-state index is 15.1. The van der Waals surface area contributed by atoms with Crippen LogP contribution in [-0.4, -0.2) is 22.5 Å². The van der Waals surface area contributed by atoms with Crippen molar-refractivity contribution in [3.8, 4) is 0 Å². The van der Waals surface area contributed by atoms with Gasteiger partial charge < -0.3 is 5.11 Å². The van der Waals surface area contributed by atoms with Crippen LogP contribution < -0.4 is 0 Å². The van der Waals surface area contributed by atoms with Crippen LogP contribution >= 0.6 is 0 Å². The van der Waals surface area contributed by atoms with Gasteiger partial charge in [0.15, 0.2) is 17.3 Å². The molecule has 2 aliphatic rings. The van der Waals surface area contributed by atoms with Gasteiger partial charge in [-0.05, 0) is 91.4 Å². The second-order valence-corrected chi connectivity index (χ2v) is 13.6. The minimum Gasteiger partial charge on any atom is -0.506 e. The van der Waals surface area contributed by atoms with Crippen molar-refractivity contribution in [2.45, 2.75) is 88.0 Å². The minimum absolute atomic E-state index is 0.105. The Balaban J connectivity index is 2.47. The van der Waals surface area contributed by atoms with Crippen LogP contribution in [0, 0.1) is 28.1 Å². The van der Waals surface area contributed by atoms with Crippen molar-refractivity contribution in [1.29, 1.82) is 0 Å². The molecule has 0 aliphatic heterocycles. The number of carbonyl (C=O) groups excluding carboxylic acids is 3. The predicted octanol–water partition coefficient (Wildman–Crippen LogP) is 8.96. The van der Waals surface area contributed by atoms with E-state index >= 15 is 4.79 Å². The number of aliphatic hydroxyl groups is 1. The number of hydrogen-bond donors (Lipinski definition) is 1. The highest BCUT2D eigenvalue weighted by Gasteiger charge is 2.74. The molecular formula is C37H48O4. The number of carbonyl (C=O) groups is 3. The zero-order chi connectivity index (χ0) is 30.9. The molecule has 41 heavy (non-hydrogen) atoms. The monoisotopic (exact) mass is 556 g/mol. The van der Waals surface area contributed by atoms with Gasteiger partial charge in [-0.3, -0.25) is 14.4 Å². The molecule has 0 heterocycles. The summed E-state index contributed by atoms with van der Waals surface area (Å²) in [5, 5.41) is 11.6. The van der Waals surface area contributed by atoms with Crippen molar-refractivity contribution in [2.75, 3.05) is 0 Å². The number of allylic oxidation sites excluding steroid dienone is 8. The van der Waals surface area contributed by atoms with E-state index in [1.807, 2.05) is 74.5 Å². The summed E-state index contributed by atoms with van der Waals surface area (Å²) in [6.45, 7) is 22.1. The summed E-state index contributed by atoms with van der Waals surface area (Å²) in [6.07, 6.45) is 7.55. The van der Waals surface area contributed by atoms with Crippen molar-refractivity contribution in [3.63, 3.8) is 0 Å². The average molecular weight is 557 g/mol. The van der Waals surface area contributed by atoms with Crippen LogP contribution in [0.25, 0.3) is 5.76 Å². The Hall–Kier alpha value is -3.27. The third-order valence-corrected chi connectivity index (χ3v) is 9.46. The Morgan fingerprint density at radius 1 is 0.927 bits per heavy atom. The molecule has 0 spiro atoms. The molecule has 1 aromatic rings. The molecular weight excluding hydrogens is 508 g/mol. The normalized spacial score (nSPS) is 27.0. The SMILES string of the molecule is C=C(C)C(C=C(C)C)CC12CC(CC=C(C)C)C(C)(C)C(CC=C(C)C)(C(=O)C(=C(O)c3ccccc3)C1=O)C2=O. The van der Waals surface area contributed by atoms with Crippen LogP contribution in [-0.2, 0) is 14.4 Å². The summed E-state index contributed by atoms with van der Waals surface area (Å²) in [7, 11) is 0. The Labute approximate surface area is 247 Å². The fourth-order valence-electron chi connectivity index (χ4n) is 6.90. The lowest BCUT2D eigenvalue weighted by atomic mass is 9.38. The first-order chi connectivity index (χ1) is 19.0. The van der Waals surface area contributed by atoms with E-state index in [1.54, 1.807) is 24.3 Å². The maximum absolute atomic E-state index is 15.1. The molecule has 0 aromatic heterocycles. The van der Waals surface area contributed by atoms with Crippen molar-refractivity contribution < 1.29 is 19.5 Å².